The van der Waals surface area contributed by atoms with Gasteiger partial charge in [0.15, 0.2) is 5.84 Å². The van der Waals surface area contributed by atoms with E-state index < -0.39 is 0 Å². The highest BCUT2D eigenvalue weighted by Crippen LogP contribution is 2.41. The Kier molecular flexibility index (Phi) is 4.18. The number of para-hydroxylation sites is 1. The standard InChI is InChI=1S/C20H25N5O/c1-14-3-2-4-15-7-8-20(26-18(14)15)9-11-25(12-10-20)17-6-5-16(13-23-17)19(21)24-22/h2-6,13H,7-12,22H2,1H3,(H2,21,24). The molecule has 6 heteroatoms. The predicted octanol–water partition coefficient (Wildman–Crippen LogP) is 2.33. The van der Waals surface area contributed by atoms with Gasteiger partial charge in [0.25, 0.3) is 0 Å². The number of aromatic nitrogens is 1. The molecule has 0 radical (unpaired) electrons. The van der Waals surface area contributed by atoms with E-state index >= 15 is 0 Å². The van der Waals surface area contributed by atoms with Crippen molar-refractivity contribution in [2.75, 3.05) is 18.0 Å². The van der Waals surface area contributed by atoms with Crippen LogP contribution in [0.1, 0.15) is 36.0 Å². The highest BCUT2D eigenvalue weighted by molar-refractivity contribution is 5.97. The SMILES string of the molecule is Cc1cccc2c1OC1(CC2)CCN(c2ccc(/C(N)=N/N)cn2)CC1. The van der Waals surface area contributed by atoms with Gasteiger partial charge in [-0.25, -0.2) is 4.98 Å². The van der Waals surface area contributed by atoms with Crippen LogP contribution in [0.3, 0.4) is 0 Å². The second-order valence-corrected chi connectivity index (χ2v) is 7.25. The molecule has 2 aliphatic heterocycles. The van der Waals surface area contributed by atoms with Gasteiger partial charge in [-0.1, -0.05) is 18.2 Å². The Morgan fingerprint density at radius 3 is 2.69 bits per heavy atom. The van der Waals surface area contributed by atoms with Crippen LogP contribution in [-0.4, -0.2) is 29.5 Å². The second-order valence-electron chi connectivity index (χ2n) is 7.25. The summed E-state index contributed by atoms with van der Waals surface area (Å²) < 4.78 is 6.55. The Hall–Kier alpha value is -2.76. The predicted molar refractivity (Wildman–Crippen MR) is 103 cm³/mol. The lowest BCUT2D eigenvalue weighted by Crippen LogP contribution is -2.50. The molecule has 3 heterocycles. The summed E-state index contributed by atoms with van der Waals surface area (Å²) in [6, 6.07) is 10.3. The number of piperidine rings is 1. The van der Waals surface area contributed by atoms with Gasteiger partial charge in [0.2, 0.25) is 0 Å². The van der Waals surface area contributed by atoms with Crippen LogP contribution in [0, 0.1) is 6.92 Å². The van der Waals surface area contributed by atoms with Gasteiger partial charge < -0.3 is 21.2 Å². The first-order valence-corrected chi connectivity index (χ1v) is 9.12. The van der Waals surface area contributed by atoms with Gasteiger partial charge in [0, 0.05) is 37.7 Å². The van der Waals surface area contributed by atoms with E-state index in [2.05, 4.69) is 40.1 Å². The van der Waals surface area contributed by atoms with Crippen molar-refractivity contribution >= 4 is 11.7 Å². The van der Waals surface area contributed by atoms with E-state index in [0.717, 1.165) is 55.9 Å². The number of nitrogens with two attached hydrogens (primary N) is 2. The first kappa shape index (κ1) is 16.7. The molecule has 0 amide bonds. The van der Waals surface area contributed by atoms with Crippen molar-refractivity contribution in [1.29, 1.82) is 0 Å². The zero-order valence-electron chi connectivity index (χ0n) is 15.1. The topological polar surface area (TPSA) is 89.8 Å². The second kappa shape index (κ2) is 6.52. The average molecular weight is 351 g/mol. The Balaban J connectivity index is 1.45. The minimum absolute atomic E-state index is 0.0355. The van der Waals surface area contributed by atoms with Crippen molar-refractivity contribution in [2.24, 2.45) is 16.7 Å². The van der Waals surface area contributed by atoms with Crippen molar-refractivity contribution in [3.05, 3.63) is 53.2 Å². The number of aryl methyl sites for hydroxylation is 2. The number of ether oxygens (including phenoxy) is 1. The number of hydrogen-bond donors (Lipinski definition) is 2. The van der Waals surface area contributed by atoms with Gasteiger partial charge >= 0.3 is 0 Å². The monoisotopic (exact) mass is 351 g/mol. The number of fused-ring (bicyclic) bond motifs is 1. The summed E-state index contributed by atoms with van der Waals surface area (Å²) in [5.41, 5.74) is 9.01. The van der Waals surface area contributed by atoms with Crippen molar-refractivity contribution in [3.63, 3.8) is 0 Å². The van der Waals surface area contributed by atoms with Crippen LogP contribution < -0.4 is 21.2 Å². The normalized spacial score (nSPS) is 19.1. The van der Waals surface area contributed by atoms with Crippen LogP contribution in [0.5, 0.6) is 5.75 Å². The smallest absolute Gasteiger partial charge is 0.151 e. The molecule has 4 N–H and O–H groups in total. The van der Waals surface area contributed by atoms with Crippen molar-refractivity contribution < 1.29 is 4.74 Å². The molecule has 0 aliphatic carbocycles. The summed E-state index contributed by atoms with van der Waals surface area (Å²) in [6.45, 7) is 4.01. The average Bonchev–Trinajstić information content (AvgIpc) is 2.69. The lowest BCUT2D eigenvalue weighted by molar-refractivity contribution is 0.0217. The highest BCUT2D eigenvalue weighted by Gasteiger charge is 2.40. The highest BCUT2D eigenvalue weighted by atomic mass is 16.5. The fourth-order valence-electron chi connectivity index (χ4n) is 3.98. The summed E-state index contributed by atoms with van der Waals surface area (Å²) >= 11 is 0. The number of amidine groups is 1. The maximum atomic E-state index is 6.55. The lowest BCUT2D eigenvalue weighted by Gasteiger charge is -2.45. The molecular weight excluding hydrogens is 326 g/mol. The number of hydrogen-bond acceptors (Lipinski definition) is 5. The van der Waals surface area contributed by atoms with Gasteiger partial charge in [-0.05, 0) is 43.0 Å². The molecule has 1 fully saturated rings. The molecule has 6 nitrogen and oxygen atoms in total. The first-order chi connectivity index (χ1) is 12.6. The summed E-state index contributed by atoms with van der Waals surface area (Å²) in [7, 11) is 0. The molecule has 26 heavy (non-hydrogen) atoms. The summed E-state index contributed by atoms with van der Waals surface area (Å²) in [5, 5.41) is 3.51. The van der Waals surface area contributed by atoms with E-state index in [1.54, 1.807) is 6.20 Å². The van der Waals surface area contributed by atoms with Crippen molar-refractivity contribution in [2.45, 2.75) is 38.2 Å². The zero-order valence-corrected chi connectivity index (χ0v) is 15.1. The maximum absolute atomic E-state index is 6.55. The Morgan fingerprint density at radius 1 is 1.19 bits per heavy atom. The van der Waals surface area contributed by atoms with Gasteiger partial charge in [0.1, 0.15) is 17.2 Å². The molecule has 1 aromatic heterocycles. The van der Waals surface area contributed by atoms with E-state index in [4.69, 9.17) is 16.3 Å². The van der Waals surface area contributed by atoms with E-state index in [1.807, 2.05) is 12.1 Å². The van der Waals surface area contributed by atoms with Crippen LogP contribution in [0.25, 0.3) is 0 Å². The number of anilines is 1. The zero-order chi connectivity index (χ0) is 18.1. The third-order valence-electron chi connectivity index (χ3n) is 5.64. The molecule has 0 atom stereocenters. The fourth-order valence-corrected chi connectivity index (χ4v) is 3.98. The molecule has 2 aliphatic rings. The Bertz CT molecular complexity index is 823. The van der Waals surface area contributed by atoms with Gasteiger partial charge in [-0.2, -0.15) is 5.10 Å². The molecule has 2 aromatic rings. The van der Waals surface area contributed by atoms with Crippen LogP contribution in [0.15, 0.2) is 41.6 Å². The summed E-state index contributed by atoms with van der Waals surface area (Å²) in [6.07, 6.45) is 5.93. The minimum atomic E-state index is -0.0355. The molecule has 0 unspecified atom stereocenters. The molecule has 0 saturated carbocycles. The number of nitrogens with zero attached hydrogens (tertiary/aromatic N) is 3. The minimum Gasteiger partial charge on any atom is -0.487 e. The maximum Gasteiger partial charge on any atom is 0.151 e. The fraction of sp³-hybridized carbons (Fsp3) is 0.400. The molecule has 0 bridgehead atoms. The Labute approximate surface area is 153 Å². The largest absolute Gasteiger partial charge is 0.487 e. The molecule has 1 spiro atoms. The molecule has 1 saturated heterocycles. The number of hydrazone groups is 1. The van der Waals surface area contributed by atoms with Crippen molar-refractivity contribution in [3.8, 4) is 5.75 Å². The van der Waals surface area contributed by atoms with Gasteiger partial charge in [0.05, 0.1) is 0 Å². The number of benzene rings is 1. The van der Waals surface area contributed by atoms with Crippen LogP contribution in [-0.2, 0) is 6.42 Å². The van der Waals surface area contributed by atoms with E-state index in [0.29, 0.717) is 5.84 Å². The number of rotatable bonds is 2. The molecular formula is C20H25N5O. The summed E-state index contributed by atoms with van der Waals surface area (Å²) in [5.74, 6) is 7.58. The van der Waals surface area contributed by atoms with Gasteiger partial charge in [-0.3, -0.25) is 0 Å². The molecule has 1 aromatic carbocycles. The first-order valence-electron chi connectivity index (χ1n) is 9.12. The third-order valence-corrected chi connectivity index (χ3v) is 5.64. The van der Waals surface area contributed by atoms with Crippen LogP contribution >= 0.6 is 0 Å². The number of pyridine rings is 1. The van der Waals surface area contributed by atoms with Crippen LogP contribution in [0.2, 0.25) is 0 Å². The van der Waals surface area contributed by atoms with E-state index in [-0.39, 0.29) is 5.60 Å². The lowest BCUT2D eigenvalue weighted by atomic mass is 9.82. The molecule has 4 rings (SSSR count). The van der Waals surface area contributed by atoms with Crippen molar-refractivity contribution in [1.82, 2.24) is 4.98 Å². The van der Waals surface area contributed by atoms with E-state index in [9.17, 15) is 0 Å². The van der Waals surface area contributed by atoms with Gasteiger partial charge in [-0.15, -0.1) is 0 Å². The quantitative estimate of drug-likeness (QED) is 0.375. The molecule has 136 valence electrons. The summed E-state index contributed by atoms with van der Waals surface area (Å²) in [4.78, 5) is 6.83. The van der Waals surface area contributed by atoms with E-state index in [1.165, 1.54) is 11.1 Å². The van der Waals surface area contributed by atoms with Crippen LogP contribution in [0.4, 0.5) is 5.82 Å². The Morgan fingerprint density at radius 2 is 2.00 bits per heavy atom. The third kappa shape index (κ3) is 2.96.